The van der Waals surface area contributed by atoms with Crippen molar-refractivity contribution in [2.75, 3.05) is 18.0 Å². The predicted molar refractivity (Wildman–Crippen MR) is 213 cm³/mol. The molecule has 0 radical (unpaired) electrons. The summed E-state index contributed by atoms with van der Waals surface area (Å²) in [6, 6.07) is 30.8. The number of nitrogens with one attached hydrogen (secondary N) is 1. The zero-order chi connectivity index (χ0) is 34.2. The Hall–Kier alpha value is -4.87. The second-order valence-corrected chi connectivity index (χ2v) is 15.8. The molecule has 11 rings (SSSR count). The summed E-state index contributed by atoms with van der Waals surface area (Å²) in [5, 5.41) is 9.92. The highest BCUT2D eigenvalue weighted by Crippen LogP contribution is 2.57. The monoisotopic (exact) mass is 683 g/mol. The molecule has 5 heterocycles. The summed E-state index contributed by atoms with van der Waals surface area (Å²) in [6.45, 7) is 2.04. The fourth-order valence-electron chi connectivity index (χ4n) is 10.8. The lowest BCUT2D eigenvalue weighted by Crippen LogP contribution is -2.48. The maximum absolute atomic E-state index is 7.20. The minimum absolute atomic E-state index is 0.0630. The maximum atomic E-state index is 7.20. The lowest BCUT2D eigenvalue weighted by molar-refractivity contribution is 0.243. The molecular formula is C47H45N3O2. The fourth-order valence-corrected chi connectivity index (χ4v) is 10.8. The number of pyridine rings is 1. The van der Waals surface area contributed by atoms with Crippen LogP contribution in [0.2, 0.25) is 0 Å². The highest BCUT2D eigenvalue weighted by atomic mass is 16.3. The molecule has 3 aromatic heterocycles. The van der Waals surface area contributed by atoms with E-state index in [0.717, 1.165) is 69.4 Å². The van der Waals surface area contributed by atoms with Gasteiger partial charge < -0.3 is 19.1 Å². The summed E-state index contributed by atoms with van der Waals surface area (Å²) in [6.07, 6.45) is 17.2. The third-order valence-corrected chi connectivity index (χ3v) is 13.0. The van der Waals surface area contributed by atoms with E-state index in [2.05, 4.69) is 101 Å². The number of allylic oxidation sites excluding steroid dienone is 1. The predicted octanol–water partition coefficient (Wildman–Crippen LogP) is 12.1. The average molecular weight is 684 g/mol. The Kier molecular flexibility index (Phi) is 7.31. The maximum Gasteiger partial charge on any atom is 0.147 e. The van der Waals surface area contributed by atoms with E-state index in [1.54, 1.807) is 5.57 Å². The topological polar surface area (TPSA) is 54.4 Å². The number of nitrogens with zero attached hydrogens (tertiary/aromatic N) is 2. The first-order valence-electron chi connectivity index (χ1n) is 19.9. The molecule has 4 unspecified atom stereocenters. The van der Waals surface area contributed by atoms with Gasteiger partial charge in [-0.1, -0.05) is 79.6 Å². The first kappa shape index (κ1) is 30.7. The Morgan fingerprint density at radius 2 is 1.52 bits per heavy atom. The van der Waals surface area contributed by atoms with E-state index >= 15 is 0 Å². The van der Waals surface area contributed by atoms with Crippen LogP contribution in [-0.4, -0.2) is 24.1 Å². The van der Waals surface area contributed by atoms with Crippen LogP contribution in [0, 0.1) is 11.8 Å². The van der Waals surface area contributed by atoms with Gasteiger partial charge in [-0.25, -0.2) is 0 Å². The Labute approximate surface area is 304 Å². The molecule has 2 aliphatic carbocycles. The summed E-state index contributed by atoms with van der Waals surface area (Å²) >= 11 is 0. The van der Waals surface area contributed by atoms with Gasteiger partial charge in [0.05, 0.1) is 23.0 Å². The number of para-hydroxylation sites is 2. The van der Waals surface area contributed by atoms with Crippen LogP contribution in [0.4, 0.5) is 5.69 Å². The Bertz CT molecular complexity index is 2480. The first-order chi connectivity index (χ1) is 25.8. The van der Waals surface area contributed by atoms with Gasteiger partial charge in [-0.15, -0.1) is 0 Å². The molecule has 1 saturated carbocycles. The number of furan rings is 2. The number of rotatable bonds is 4. The molecule has 5 heteroatoms. The summed E-state index contributed by atoms with van der Waals surface area (Å²) in [5.41, 5.74) is 10.3. The van der Waals surface area contributed by atoms with Gasteiger partial charge >= 0.3 is 0 Å². The van der Waals surface area contributed by atoms with Crippen molar-refractivity contribution in [3.63, 3.8) is 0 Å². The SMILES string of the molecule is C1=C2C(CCC1)CCNC2c1c(N2CCCC3CCCCC32)c(-c2nccc3ccccc23)c2oc3ccccc3c2c1-c1cc2ccccc2o1. The van der Waals surface area contributed by atoms with Crippen LogP contribution in [-0.2, 0) is 0 Å². The third kappa shape index (κ3) is 4.74. The molecular weight excluding hydrogens is 639 g/mol. The Morgan fingerprint density at radius 3 is 2.44 bits per heavy atom. The van der Waals surface area contributed by atoms with Gasteiger partial charge in [0.25, 0.3) is 0 Å². The van der Waals surface area contributed by atoms with E-state index in [-0.39, 0.29) is 6.04 Å². The molecule has 7 aromatic rings. The number of aromatic nitrogens is 1. The summed E-state index contributed by atoms with van der Waals surface area (Å²) in [7, 11) is 0. The number of fused-ring (bicyclic) bond motifs is 7. The van der Waals surface area contributed by atoms with E-state index < -0.39 is 0 Å². The van der Waals surface area contributed by atoms with Crippen LogP contribution < -0.4 is 10.2 Å². The zero-order valence-electron chi connectivity index (χ0n) is 29.7. The van der Waals surface area contributed by atoms with Crippen molar-refractivity contribution in [2.45, 2.75) is 76.3 Å². The molecule has 0 spiro atoms. The smallest absolute Gasteiger partial charge is 0.147 e. The summed E-state index contributed by atoms with van der Waals surface area (Å²) in [4.78, 5) is 8.17. The molecule has 3 fully saturated rings. The molecule has 4 atom stereocenters. The second-order valence-electron chi connectivity index (χ2n) is 15.8. The average Bonchev–Trinajstić information content (AvgIpc) is 3.82. The van der Waals surface area contributed by atoms with E-state index in [9.17, 15) is 0 Å². The lowest BCUT2D eigenvalue weighted by atomic mass is 9.73. The third-order valence-electron chi connectivity index (χ3n) is 13.0. The van der Waals surface area contributed by atoms with Gasteiger partial charge in [0.15, 0.2) is 0 Å². The Morgan fingerprint density at radius 1 is 0.712 bits per heavy atom. The fraction of sp³-hybridized carbons (Fsp3) is 0.340. The molecule has 1 N–H and O–H groups in total. The minimum atomic E-state index is 0.0630. The highest BCUT2D eigenvalue weighted by Gasteiger charge is 2.42. The van der Waals surface area contributed by atoms with Crippen molar-refractivity contribution in [3.05, 3.63) is 108 Å². The van der Waals surface area contributed by atoms with Crippen molar-refractivity contribution in [2.24, 2.45) is 11.8 Å². The molecule has 0 amide bonds. The second kappa shape index (κ2) is 12.4. The normalized spacial score (nSPS) is 23.6. The van der Waals surface area contributed by atoms with Crippen molar-refractivity contribution >= 4 is 49.4 Å². The van der Waals surface area contributed by atoms with Gasteiger partial charge in [-0.3, -0.25) is 4.98 Å². The van der Waals surface area contributed by atoms with Crippen LogP contribution in [0.15, 0.2) is 112 Å². The molecule has 4 aromatic carbocycles. The van der Waals surface area contributed by atoms with Crippen molar-refractivity contribution < 1.29 is 8.83 Å². The van der Waals surface area contributed by atoms with Gasteiger partial charge in [0.2, 0.25) is 0 Å². The molecule has 2 saturated heterocycles. The molecule has 52 heavy (non-hydrogen) atoms. The summed E-state index contributed by atoms with van der Waals surface area (Å²) in [5.74, 6) is 2.21. The van der Waals surface area contributed by atoms with Crippen molar-refractivity contribution in [1.29, 1.82) is 0 Å². The number of hydrogen-bond donors (Lipinski definition) is 1. The molecule has 5 nitrogen and oxygen atoms in total. The van der Waals surface area contributed by atoms with Gasteiger partial charge in [0, 0.05) is 51.5 Å². The molecule has 260 valence electrons. The van der Waals surface area contributed by atoms with E-state index in [4.69, 9.17) is 13.8 Å². The van der Waals surface area contributed by atoms with Crippen LogP contribution in [0.5, 0.6) is 0 Å². The van der Waals surface area contributed by atoms with Gasteiger partial charge in [-0.05, 0) is 105 Å². The highest BCUT2D eigenvalue weighted by molar-refractivity contribution is 6.21. The molecule has 2 aliphatic heterocycles. The quantitative estimate of drug-likeness (QED) is 0.187. The lowest BCUT2D eigenvalue weighted by Gasteiger charge is -2.48. The van der Waals surface area contributed by atoms with Crippen LogP contribution in [0.3, 0.4) is 0 Å². The summed E-state index contributed by atoms with van der Waals surface area (Å²) < 4.78 is 14.2. The molecule has 0 bridgehead atoms. The number of anilines is 1. The first-order valence-corrected chi connectivity index (χ1v) is 19.9. The van der Waals surface area contributed by atoms with Crippen molar-refractivity contribution in [1.82, 2.24) is 10.3 Å². The number of piperidine rings is 2. The number of benzene rings is 4. The van der Waals surface area contributed by atoms with Gasteiger partial charge in [0.1, 0.15) is 22.5 Å². The zero-order valence-corrected chi connectivity index (χ0v) is 29.7. The largest absolute Gasteiger partial charge is 0.456 e. The van der Waals surface area contributed by atoms with Crippen LogP contribution >= 0.6 is 0 Å². The van der Waals surface area contributed by atoms with E-state index in [0.29, 0.717) is 17.9 Å². The van der Waals surface area contributed by atoms with Crippen molar-refractivity contribution in [3.8, 4) is 22.6 Å². The van der Waals surface area contributed by atoms with E-state index in [1.807, 2.05) is 6.20 Å². The van der Waals surface area contributed by atoms with Crippen LogP contribution in [0.1, 0.15) is 75.8 Å². The number of hydrogen-bond acceptors (Lipinski definition) is 5. The van der Waals surface area contributed by atoms with Crippen LogP contribution in [0.25, 0.3) is 66.3 Å². The van der Waals surface area contributed by atoms with Gasteiger partial charge in [-0.2, -0.15) is 0 Å². The molecule has 4 aliphatic rings. The van der Waals surface area contributed by atoms with E-state index in [1.165, 1.54) is 85.4 Å². The standard InChI is InChI=1S/C47H45N3O2/c1-5-17-33-29(12-1)23-25-48-44(33)42-41(39-28-32-15-4-9-21-37(32)51-39)40-35-19-7-10-22-38(35)52-47(40)43(45-34-18-6-2-13-30(34)24-26-49-45)46(42)50-27-11-16-31-14-3-8-20-36(31)50/h2,4,6-7,9-10,13,15,17-19,21-22,24,26,28-29,31,36,44,48H,1,3,5,8,11-12,14,16,20,23,25,27H2. The minimum Gasteiger partial charge on any atom is -0.456 e. The Balaban J connectivity index is 1.36.